The first-order chi connectivity index (χ1) is 7.77. The number of ether oxygens (including phenoxy) is 1. The van der Waals surface area contributed by atoms with Gasteiger partial charge in [-0.25, -0.2) is 0 Å². The number of carbonyl (C=O) groups excluding carboxylic acids is 1. The summed E-state index contributed by atoms with van der Waals surface area (Å²) in [5, 5.41) is 3.58. The number of nitrogens with one attached hydrogen (secondary N) is 1. The quantitative estimate of drug-likeness (QED) is 0.645. The number of rotatable bonds is 6. The van der Waals surface area contributed by atoms with E-state index in [1.165, 1.54) is 0 Å². The Balaban J connectivity index is 2.42. The molecule has 0 aliphatic heterocycles. The zero-order valence-electron chi connectivity index (χ0n) is 9.33. The number of halogens is 1. The SMILES string of the molecule is CNC(=O)c1ccc(OCCCCBr)cc1. The maximum atomic E-state index is 11.3. The van der Waals surface area contributed by atoms with Crippen LogP contribution in [0.15, 0.2) is 24.3 Å². The van der Waals surface area contributed by atoms with Crippen LogP contribution < -0.4 is 10.1 Å². The molecule has 0 saturated heterocycles. The molecular weight excluding hydrogens is 270 g/mol. The van der Waals surface area contributed by atoms with Crippen LogP contribution in [0.1, 0.15) is 23.2 Å². The van der Waals surface area contributed by atoms with Crippen molar-refractivity contribution in [2.45, 2.75) is 12.8 Å². The minimum absolute atomic E-state index is 0.0779. The Morgan fingerprint density at radius 1 is 1.31 bits per heavy atom. The zero-order chi connectivity index (χ0) is 11.8. The van der Waals surface area contributed by atoms with Gasteiger partial charge in [0.2, 0.25) is 0 Å². The number of benzene rings is 1. The Morgan fingerprint density at radius 2 is 2.00 bits per heavy atom. The summed E-state index contributed by atoms with van der Waals surface area (Å²) in [5.41, 5.74) is 0.648. The van der Waals surface area contributed by atoms with E-state index in [1.54, 1.807) is 19.2 Å². The van der Waals surface area contributed by atoms with Crippen LogP contribution in [0.2, 0.25) is 0 Å². The van der Waals surface area contributed by atoms with Gasteiger partial charge in [0.1, 0.15) is 5.75 Å². The smallest absolute Gasteiger partial charge is 0.251 e. The number of hydrogen-bond donors (Lipinski definition) is 1. The van der Waals surface area contributed by atoms with E-state index < -0.39 is 0 Å². The van der Waals surface area contributed by atoms with Crippen LogP contribution in [0.4, 0.5) is 0 Å². The van der Waals surface area contributed by atoms with E-state index in [9.17, 15) is 4.79 Å². The summed E-state index contributed by atoms with van der Waals surface area (Å²) >= 11 is 3.37. The predicted octanol–water partition coefficient (Wildman–Crippen LogP) is 2.60. The number of carbonyl (C=O) groups is 1. The fourth-order valence-electron chi connectivity index (χ4n) is 1.23. The molecule has 4 heteroatoms. The highest BCUT2D eigenvalue weighted by molar-refractivity contribution is 9.09. The van der Waals surface area contributed by atoms with Crippen LogP contribution in [0.3, 0.4) is 0 Å². The minimum Gasteiger partial charge on any atom is -0.494 e. The second-order valence-corrected chi connectivity index (χ2v) is 4.14. The summed E-state index contributed by atoms with van der Waals surface area (Å²) in [7, 11) is 1.62. The van der Waals surface area contributed by atoms with E-state index in [4.69, 9.17) is 4.74 Å². The lowest BCUT2D eigenvalue weighted by molar-refractivity contribution is 0.0963. The molecule has 0 aliphatic carbocycles. The average molecular weight is 286 g/mol. The summed E-state index contributed by atoms with van der Waals surface area (Å²) in [6, 6.07) is 7.16. The van der Waals surface area contributed by atoms with Gasteiger partial charge in [0, 0.05) is 17.9 Å². The van der Waals surface area contributed by atoms with Gasteiger partial charge >= 0.3 is 0 Å². The van der Waals surface area contributed by atoms with Crippen molar-refractivity contribution in [2.75, 3.05) is 19.0 Å². The molecule has 0 aliphatic rings. The molecule has 0 spiro atoms. The second-order valence-electron chi connectivity index (χ2n) is 3.35. The topological polar surface area (TPSA) is 38.3 Å². The number of hydrogen-bond acceptors (Lipinski definition) is 2. The zero-order valence-corrected chi connectivity index (χ0v) is 10.9. The van der Waals surface area contributed by atoms with Crippen LogP contribution in [0, 0.1) is 0 Å². The third-order valence-electron chi connectivity index (χ3n) is 2.14. The predicted molar refractivity (Wildman–Crippen MR) is 68.4 cm³/mol. The molecule has 1 rings (SSSR count). The Labute approximate surface area is 104 Å². The number of alkyl halides is 1. The highest BCUT2D eigenvalue weighted by Crippen LogP contribution is 2.12. The van der Waals surface area contributed by atoms with Gasteiger partial charge in [0.05, 0.1) is 6.61 Å². The number of unbranched alkanes of at least 4 members (excludes halogenated alkanes) is 1. The summed E-state index contributed by atoms with van der Waals surface area (Å²) < 4.78 is 5.52. The van der Waals surface area contributed by atoms with Gasteiger partial charge in [-0.1, -0.05) is 15.9 Å². The Kier molecular flexibility index (Phi) is 5.93. The summed E-state index contributed by atoms with van der Waals surface area (Å²) in [4.78, 5) is 11.3. The van der Waals surface area contributed by atoms with Crippen molar-refractivity contribution in [3.05, 3.63) is 29.8 Å². The van der Waals surface area contributed by atoms with Crippen LogP contribution in [-0.2, 0) is 0 Å². The molecule has 1 aromatic carbocycles. The first kappa shape index (κ1) is 13.0. The summed E-state index contributed by atoms with van der Waals surface area (Å²) in [5.74, 6) is 0.730. The van der Waals surface area contributed by atoms with Crippen LogP contribution in [-0.4, -0.2) is 24.9 Å². The van der Waals surface area contributed by atoms with Gasteiger partial charge in [-0.15, -0.1) is 0 Å². The van der Waals surface area contributed by atoms with Crippen molar-refractivity contribution in [3.63, 3.8) is 0 Å². The lowest BCUT2D eigenvalue weighted by Gasteiger charge is -2.06. The largest absolute Gasteiger partial charge is 0.494 e. The molecule has 16 heavy (non-hydrogen) atoms. The summed E-state index contributed by atoms with van der Waals surface area (Å²) in [6.07, 6.45) is 2.14. The fourth-order valence-corrected chi connectivity index (χ4v) is 1.63. The van der Waals surface area contributed by atoms with Gasteiger partial charge in [0.15, 0.2) is 0 Å². The normalized spacial score (nSPS) is 9.88. The Hall–Kier alpha value is -1.03. The first-order valence-electron chi connectivity index (χ1n) is 5.29. The molecule has 1 N–H and O–H groups in total. The molecule has 3 nitrogen and oxygen atoms in total. The lowest BCUT2D eigenvalue weighted by atomic mass is 10.2. The highest BCUT2D eigenvalue weighted by Gasteiger charge is 2.02. The van der Waals surface area contributed by atoms with Crippen molar-refractivity contribution in [1.82, 2.24) is 5.32 Å². The van der Waals surface area contributed by atoms with Crippen LogP contribution in [0.25, 0.3) is 0 Å². The van der Waals surface area contributed by atoms with Crippen molar-refractivity contribution < 1.29 is 9.53 Å². The molecule has 0 radical (unpaired) electrons. The standard InChI is InChI=1S/C12H16BrNO2/c1-14-12(15)10-4-6-11(7-5-10)16-9-3-2-8-13/h4-7H,2-3,8-9H2,1H3,(H,14,15). The third kappa shape index (κ3) is 4.23. The van der Waals surface area contributed by atoms with Crippen molar-refractivity contribution in [1.29, 1.82) is 0 Å². The van der Waals surface area contributed by atoms with Crippen molar-refractivity contribution in [2.24, 2.45) is 0 Å². The van der Waals surface area contributed by atoms with E-state index in [0.717, 1.165) is 23.9 Å². The van der Waals surface area contributed by atoms with Gasteiger partial charge in [0.25, 0.3) is 5.91 Å². The highest BCUT2D eigenvalue weighted by atomic mass is 79.9. The number of amides is 1. The molecular formula is C12H16BrNO2. The first-order valence-corrected chi connectivity index (χ1v) is 6.41. The molecule has 0 unspecified atom stereocenters. The van der Waals surface area contributed by atoms with Gasteiger partial charge in [-0.3, -0.25) is 4.79 Å². The van der Waals surface area contributed by atoms with Gasteiger partial charge in [-0.05, 0) is 37.1 Å². The monoisotopic (exact) mass is 285 g/mol. The maximum Gasteiger partial charge on any atom is 0.251 e. The third-order valence-corrected chi connectivity index (χ3v) is 2.70. The second kappa shape index (κ2) is 7.28. The molecule has 0 bridgehead atoms. The van der Waals surface area contributed by atoms with E-state index in [-0.39, 0.29) is 5.91 Å². The molecule has 0 aromatic heterocycles. The molecule has 0 fully saturated rings. The minimum atomic E-state index is -0.0779. The van der Waals surface area contributed by atoms with E-state index in [1.807, 2.05) is 12.1 Å². The molecule has 1 aromatic rings. The summed E-state index contributed by atoms with van der Waals surface area (Å²) in [6.45, 7) is 0.713. The van der Waals surface area contributed by atoms with Crippen molar-refractivity contribution in [3.8, 4) is 5.75 Å². The maximum absolute atomic E-state index is 11.3. The Bertz CT molecular complexity index is 324. The lowest BCUT2D eigenvalue weighted by Crippen LogP contribution is -2.17. The fraction of sp³-hybridized carbons (Fsp3) is 0.417. The van der Waals surface area contributed by atoms with Gasteiger partial charge < -0.3 is 10.1 Å². The average Bonchev–Trinajstić information content (AvgIpc) is 2.34. The van der Waals surface area contributed by atoms with E-state index >= 15 is 0 Å². The van der Waals surface area contributed by atoms with Crippen LogP contribution in [0.5, 0.6) is 5.75 Å². The van der Waals surface area contributed by atoms with E-state index in [0.29, 0.717) is 12.2 Å². The van der Waals surface area contributed by atoms with E-state index in [2.05, 4.69) is 21.2 Å². The molecule has 1 amide bonds. The van der Waals surface area contributed by atoms with Gasteiger partial charge in [-0.2, -0.15) is 0 Å². The van der Waals surface area contributed by atoms with Crippen LogP contribution >= 0.6 is 15.9 Å². The molecule has 0 saturated carbocycles. The Morgan fingerprint density at radius 3 is 2.56 bits per heavy atom. The molecule has 0 heterocycles. The molecule has 0 atom stereocenters. The molecule has 88 valence electrons. The van der Waals surface area contributed by atoms with Crippen molar-refractivity contribution >= 4 is 21.8 Å².